The number of rotatable bonds is 5. The van der Waals surface area contributed by atoms with Gasteiger partial charge in [-0.05, 0) is 31.0 Å². The molecule has 1 aromatic carbocycles. The number of carbonyl (C=O) groups excluding carboxylic acids is 2. The first-order valence-electron chi connectivity index (χ1n) is 6.94. The number of cyclic esters (lactones) is 1. The number of aryl methyl sites for hydroxylation is 2. The molecule has 2 atom stereocenters. The van der Waals surface area contributed by atoms with E-state index in [1.807, 2.05) is 19.9 Å². The highest BCUT2D eigenvalue weighted by molar-refractivity contribution is 6.04. The van der Waals surface area contributed by atoms with E-state index in [4.69, 9.17) is 14.6 Å². The van der Waals surface area contributed by atoms with Gasteiger partial charge in [0.05, 0.1) is 25.5 Å². The van der Waals surface area contributed by atoms with Crippen LogP contribution in [0, 0.1) is 19.8 Å². The number of Topliss-reactive ketones (excluding diaryl/α,β-unsaturated/α-hetero) is 1. The predicted molar refractivity (Wildman–Crippen MR) is 77.0 cm³/mol. The number of carboxylic acid groups (broad SMARTS) is 1. The number of esters is 1. The molecule has 22 heavy (non-hydrogen) atoms. The molecule has 1 aromatic rings. The minimum atomic E-state index is -1.07. The average Bonchev–Trinajstić information content (AvgIpc) is 2.77. The molecule has 6 nitrogen and oxygen atoms in total. The molecule has 0 radical (unpaired) electrons. The van der Waals surface area contributed by atoms with Crippen molar-refractivity contribution in [2.75, 3.05) is 7.11 Å². The number of hydrogen-bond donors (Lipinski definition) is 1. The molecule has 1 heterocycles. The molecule has 1 aliphatic heterocycles. The van der Waals surface area contributed by atoms with Crippen molar-refractivity contribution in [2.24, 2.45) is 5.92 Å². The lowest BCUT2D eigenvalue weighted by atomic mass is 9.90. The minimum Gasteiger partial charge on any atom is -0.496 e. The van der Waals surface area contributed by atoms with E-state index in [1.165, 1.54) is 7.11 Å². The number of aliphatic carboxylic acids is 1. The Balaban J connectivity index is 2.38. The monoisotopic (exact) mass is 306 g/mol. The Kier molecular flexibility index (Phi) is 4.49. The first-order chi connectivity index (χ1) is 10.3. The van der Waals surface area contributed by atoms with Crippen LogP contribution < -0.4 is 4.74 Å². The molecule has 1 aliphatic rings. The van der Waals surface area contributed by atoms with Crippen molar-refractivity contribution in [3.05, 3.63) is 28.8 Å². The summed E-state index contributed by atoms with van der Waals surface area (Å²) in [6, 6.07) is 3.54. The van der Waals surface area contributed by atoms with Crippen molar-refractivity contribution in [1.29, 1.82) is 0 Å². The van der Waals surface area contributed by atoms with Gasteiger partial charge in [-0.15, -0.1) is 0 Å². The van der Waals surface area contributed by atoms with Gasteiger partial charge >= 0.3 is 11.9 Å². The second kappa shape index (κ2) is 6.17. The van der Waals surface area contributed by atoms with Crippen LogP contribution in [0.3, 0.4) is 0 Å². The highest BCUT2D eigenvalue weighted by Gasteiger charge is 2.42. The number of carboxylic acids is 1. The third kappa shape index (κ3) is 3.10. The normalized spacial score (nSPS) is 20.6. The molecule has 0 bridgehead atoms. The maximum Gasteiger partial charge on any atom is 0.306 e. The summed E-state index contributed by atoms with van der Waals surface area (Å²) in [5.41, 5.74) is 1.99. The maximum atomic E-state index is 12.7. The largest absolute Gasteiger partial charge is 0.496 e. The molecule has 0 amide bonds. The highest BCUT2D eigenvalue weighted by Crippen LogP contribution is 2.32. The van der Waals surface area contributed by atoms with E-state index in [-0.39, 0.29) is 12.8 Å². The third-order valence-electron chi connectivity index (χ3n) is 3.70. The van der Waals surface area contributed by atoms with Crippen LogP contribution in [0.1, 0.15) is 34.3 Å². The Hall–Kier alpha value is -2.37. The summed E-state index contributed by atoms with van der Waals surface area (Å²) < 4.78 is 10.3. The topological polar surface area (TPSA) is 89.9 Å². The molecular formula is C16H18O6. The lowest BCUT2D eigenvalue weighted by Gasteiger charge is -2.18. The molecule has 118 valence electrons. The van der Waals surface area contributed by atoms with Crippen molar-refractivity contribution in [1.82, 2.24) is 0 Å². The average molecular weight is 306 g/mol. The number of benzene rings is 1. The van der Waals surface area contributed by atoms with E-state index in [0.29, 0.717) is 11.3 Å². The van der Waals surface area contributed by atoms with Gasteiger partial charge in [0, 0.05) is 5.92 Å². The van der Waals surface area contributed by atoms with Gasteiger partial charge in [-0.2, -0.15) is 0 Å². The minimum absolute atomic E-state index is 0.0597. The molecule has 0 spiro atoms. The molecule has 2 rings (SSSR count). The Morgan fingerprint density at radius 1 is 1.36 bits per heavy atom. The van der Waals surface area contributed by atoms with Crippen LogP contribution in [0.2, 0.25) is 0 Å². The van der Waals surface area contributed by atoms with Crippen LogP contribution in [0.15, 0.2) is 12.1 Å². The first-order valence-corrected chi connectivity index (χ1v) is 6.94. The van der Waals surface area contributed by atoms with E-state index < -0.39 is 29.7 Å². The first kappa shape index (κ1) is 16.0. The Morgan fingerprint density at radius 2 is 2.05 bits per heavy atom. The lowest BCUT2D eigenvalue weighted by Crippen LogP contribution is -2.29. The van der Waals surface area contributed by atoms with Gasteiger partial charge in [-0.3, -0.25) is 14.4 Å². The van der Waals surface area contributed by atoms with Crippen molar-refractivity contribution in [3.8, 4) is 5.75 Å². The molecule has 0 saturated carbocycles. The second-order valence-corrected chi connectivity index (χ2v) is 5.50. The summed E-state index contributed by atoms with van der Waals surface area (Å²) in [6.07, 6.45) is -1.41. The molecule has 0 aromatic heterocycles. The zero-order valence-corrected chi connectivity index (χ0v) is 12.7. The molecule has 1 N–H and O–H groups in total. The van der Waals surface area contributed by atoms with Crippen molar-refractivity contribution in [2.45, 2.75) is 32.8 Å². The van der Waals surface area contributed by atoms with Crippen LogP contribution in [0.25, 0.3) is 0 Å². The van der Waals surface area contributed by atoms with Crippen LogP contribution in [-0.2, 0) is 14.3 Å². The van der Waals surface area contributed by atoms with Crippen LogP contribution in [0.4, 0.5) is 0 Å². The number of ketones is 1. The third-order valence-corrected chi connectivity index (χ3v) is 3.70. The second-order valence-electron chi connectivity index (χ2n) is 5.50. The molecule has 1 fully saturated rings. The standard InChI is InChI=1S/C16H18O6/c1-8-4-9(2)15(21-3)11(5-8)14(20)16-10(6-12(17)18)7-13(19)22-16/h4-5,10,16H,6-7H2,1-3H3,(H,17,18)/t10-,16-/m0/s1. The maximum absolute atomic E-state index is 12.7. The number of carbonyl (C=O) groups is 3. The number of ether oxygens (including phenoxy) is 2. The smallest absolute Gasteiger partial charge is 0.306 e. The summed E-state index contributed by atoms with van der Waals surface area (Å²) >= 11 is 0. The Bertz CT molecular complexity index is 634. The van der Waals surface area contributed by atoms with Crippen molar-refractivity contribution >= 4 is 17.7 Å². The van der Waals surface area contributed by atoms with E-state index in [1.54, 1.807) is 6.07 Å². The summed E-state index contributed by atoms with van der Waals surface area (Å²) in [6.45, 7) is 3.66. The Labute approximate surface area is 128 Å². The van der Waals surface area contributed by atoms with Gasteiger partial charge in [0.2, 0.25) is 5.78 Å². The van der Waals surface area contributed by atoms with Crippen molar-refractivity contribution in [3.63, 3.8) is 0 Å². The van der Waals surface area contributed by atoms with E-state index in [2.05, 4.69) is 0 Å². The molecule has 6 heteroatoms. The van der Waals surface area contributed by atoms with E-state index in [0.717, 1.165) is 11.1 Å². The molecule has 0 aliphatic carbocycles. The van der Waals surface area contributed by atoms with Gasteiger partial charge < -0.3 is 14.6 Å². The van der Waals surface area contributed by atoms with Gasteiger partial charge in [-0.25, -0.2) is 0 Å². The van der Waals surface area contributed by atoms with Gasteiger partial charge in [0.25, 0.3) is 0 Å². The van der Waals surface area contributed by atoms with Gasteiger partial charge in [0.15, 0.2) is 6.10 Å². The molecular weight excluding hydrogens is 288 g/mol. The number of hydrogen-bond acceptors (Lipinski definition) is 5. The summed E-state index contributed by atoms with van der Waals surface area (Å²) in [4.78, 5) is 35.1. The summed E-state index contributed by atoms with van der Waals surface area (Å²) in [5, 5.41) is 8.92. The van der Waals surface area contributed by atoms with Crippen LogP contribution >= 0.6 is 0 Å². The fraction of sp³-hybridized carbons (Fsp3) is 0.438. The van der Waals surface area contributed by atoms with Crippen LogP contribution in [0.5, 0.6) is 5.75 Å². The highest BCUT2D eigenvalue weighted by atomic mass is 16.6. The van der Waals surface area contributed by atoms with Crippen molar-refractivity contribution < 1.29 is 29.0 Å². The number of methoxy groups -OCH3 is 1. The van der Waals surface area contributed by atoms with Gasteiger partial charge in [0.1, 0.15) is 5.75 Å². The Morgan fingerprint density at radius 3 is 2.64 bits per heavy atom. The molecule has 0 unspecified atom stereocenters. The summed E-state index contributed by atoms with van der Waals surface area (Å²) in [5.74, 6) is -2.25. The fourth-order valence-corrected chi connectivity index (χ4v) is 2.84. The van der Waals surface area contributed by atoms with E-state index >= 15 is 0 Å². The van der Waals surface area contributed by atoms with E-state index in [9.17, 15) is 14.4 Å². The quantitative estimate of drug-likeness (QED) is 0.660. The zero-order valence-electron chi connectivity index (χ0n) is 12.7. The fourth-order valence-electron chi connectivity index (χ4n) is 2.84. The molecule has 1 saturated heterocycles. The zero-order chi connectivity index (χ0) is 16.4. The SMILES string of the molecule is COc1c(C)cc(C)cc1C(=O)[C@H]1OC(=O)C[C@@H]1CC(=O)O. The summed E-state index contributed by atoms with van der Waals surface area (Å²) in [7, 11) is 1.46. The lowest BCUT2D eigenvalue weighted by molar-refractivity contribution is -0.141. The predicted octanol–water partition coefficient (Wildman–Crippen LogP) is 1.90. The van der Waals surface area contributed by atoms with Gasteiger partial charge in [-0.1, -0.05) is 6.07 Å². The van der Waals surface area contributed by atoms with Crippen LogP contribution in [-0.4, -0.2) is 36.0 Å².